The highest BCUT2D eigenvalue weighted by molar-refractivity contribution is 6.06. The fourth-order valence-corrected chi connectivity index (χ4v) is 2.33. The van der Waals surface area contributed by atoms with Crippen LogP contribution in [0, 0.1) is 11.6 Å². The van der Waals surface area contributed by atoms with Gasteiger partial charge in [-0.2, -0.15) is 0 Å². The highest BCUT2D eigenvalue weighted by Crippen LogP contribution is 2.26. The topological polar surface area (TPSA) is 67.4 Å². The summed E-state index contributed by atoms with van der Waals surface area (Å²) in [6, 6.07) is 8.90. The Labute approximate surface area is 144 Å². The minimum absolute atomic E-state index is 0.0701. The Kier molecular flexibility index (Phi) is 6.05. The molecule has 25 heavy (non-hydrogen) atoms. The average Bonchev–Trinajstić information content (AvgIpc) is 2.62. The van der Waals surface area contributed by atoms with Crippen molar-refractivity contribution in [2.24, 2.45) is 0 Å². The first-order chi connectivity index (χ1) is 12.0. The largest absolute Gasteiger partial charge is 0.496 e. The van der Waals surface area contributed by atoms with Crippen LogP contribution >= 0.6 is 0 Å². The van der Waals surface area contributed by atoms with E-state index in [2.05, 4.69) is 10.6 Å². The maximum Gasteiger partial charge on any atom is 0.262 e. The summed E-state index contributed by atoms with van der Waals surface area (Å²) in [6.07, 6.45) is 0.625. The molecule has 0 aliphatic carbocycles. The highest BCUT2D eigenvalue weighted by atomic mass is 19.2. The highest BCUT2D eigenvalue weighted by Gasteiger charge is 2.22. The van der Waals surface area contributed by atoms with Crippen LogP contribution in [0.25, 0.3) is 0 Å². The minimum Gasteiger partial charge on any atom is -0.496 e. The van der Waals surface area contributed by atoms with Crippen molar-refractivity contribution < 1.29 is 23.1 Å². The van der Waals surface area contributed by atoms with E-state index >= 15 is 0 Å². The van der Waals surface area contributed by atoms with Gasteiger partial charge in [0.05, 0.1) is 7.11 Å². The van der Waals surface area contributed by atoms with Gasteiger partial charge in [-0.1, -0.05) is 18.2 Å². The van der Waals surface area contributed by atoms with Crippen LogP contribution in [0.3, 0.4) is 0 Å². The second-order valence-corrected chi connectivity index (χ2v) is 5.22. The summed E-state index contributed by atoms with van der Waals surface area (Å²) in [6.45, 7) is 0. The van der Waals surface area contributed by atoms with Crippen LogP contribution < -0.4 is 15.4 Å². The van der Waals surface area contributed by atoms with Crippen molar-refractivity contribution in [1.29, 1.82) is 0 Å². The standard InChI is InChI=1S/C18H18F2N2O3/c1-21-15(23)10-7-11-5-3-4-6-13(11)22-18(24)16-14(25-2)9-8-12(19)17(16)20/h3-6,8-9H,7,10H2,1-2H3,(H,21,23)(H,22,24). The monoisotopic (exact) mass is 348 g/mol. The first kappa shape index (κ1) is 18.4. The number of methoxy groups -OCH3 is 1. The number of benzene rings is 2. The minimum atomic E-state index is -1.28. The Bertz CT molecular complexity index is 794. The molecule has 2 rings (SSSR count). The maximum atomic E-state index is 14.0. The van der Waals surface area contributed by atoms with Gasteiger partial charge in [0.2, 0.25) is 5.91 Å². The number of anilines is 1. The van der Waals surface area contributed by atoms with Gasteiger partial charge in [-0.25, -0.2) is 8.78 Å². The summed E-state index contributed by atoms with van der Waals surface area (Å²) < 4.78 is 32.4. The van der Waals surface area contributed by atoms with Gasteiger partial charge in [0.25, 0.3) is 5.91 Å². The third-order valence-electron chi connectivity index (χ3n) is 3.67. The first-order valence-corrected chi connectivity index (χ1v) is 7.59. The molecule has 0 fully saturated rings. The smallest absolute Gasteiger partial charge is 0.262 e. The molecule has 0 saturated carbocycles. The van der Waals surface area contributed by atoms with Gasteiger partial charge in [0.15, 0.2) is 11.6 Å². The predicted molar refractivity (Wildman–Crippen MR) is 89.7 cm³/mol. The third kappa shape index (κ3) is 4.32. The van der Waals surface area contributed by atoms with E-state index in [1.165, 1.54) is 20.2 Å². The molecule has 0 atom stereocenters. The lowest BCUT2D eigenvalue weighted by molar-refractivity contribution is -0.120. The fraction of sp³-hybridized carbons (Fsp3) is 0.222. The molecule has 2 aromatic rings. The van der Waals surface area contributed by atoms with E-state index in [-0.39, 0.29) is 18.1 Å². The van der Waals surface area contributed by atoms with E-state index in [0.29, 0.717) is 17.7 Å². The molecule has 2 N–H and O–H groups in total. The van der Waals surface area contributed by atoms with Gasteiger partial charge in [-0.3, -0.25) is 9.59 Å². The summed E-state index contributed by atoms with van der Waals surface area (Å²) in [5.74, 6) is -3.46. The summed E-state index contributed by atoms with van der Waals surface area (Å²) in [4.78, 5) is 23.8. The number of rotatable bonds is 6. The van der Waals surface area contributed by atoms with E-state index in [1.807, 2.05) is 0 Å². The molecule has 2 amide bonds. The summed E-state index contributed by atoms with van der Waals surface area (Å²) in [7, 11) is 2.80. The van der Waals surface area contributed by atoms with Crippen LogP contribution in [0.4, 0.5) is 14.5 Å². The zero-order valence-electron chi connectivity index (χ0n) is 13.9. The Morgan fingerprint density at radius 1 is 1.12 bits per heavy atom. The molecule has 0 spiro atoms. The molecule has 7 heteroatoms. The molecule has 0 aromatic heterocycles. The van der Waals surface area contributed by atoms with E-state index < -0.39 is 23.1 Å². The molecule has 0 radical (unpaired) electrons. The van der Waals surface area contributed by atoms with E-state index in [4.69, 9.17) is 4.74 Å². The molecule has 0 heterocycles. The molecule has 5 nitrogen and oxygen atoms in total. The van der Waals surface area contributed by atoms with E-state index in [0.717, 1.165) is 6.07 Å². The number of ether oxygens (including phenoxy) is 1. The van der Waals surface area contributed by atoms with Crippen LogP contribution in [0.2, 0.25) is 0 Å². The lowest BCUT2D eigenvalue weighted by Gasteiger charge is -2.13. The van der Waals surface area contributed by atoms with Crippen molar-refractivity contribution in [3.63, 3.8) is 0 Å². The Morgan fingerprint density at radius 2 is 1.84 bits per heavy atom. The fourth-order valence-electron chi connectivity index (χ4n) is 2.33. The summed E-state index contributed by atoms with van der Waals surface area (Å²) >= 11 is 0. The molecular weight excluding hydrogens is 330 g/mol. The number of para-hydroxylation sites is 1. The number of carbonyl (C=O) groups excluding carboxylic acids is 2. The zero-order valence-corrected chi connectivity index (χ0v) is 13.9. The summed E-state index contributed by atoms with van der Waals surface area (Å²) in [5.41, 5.74) is 0.612. The number of nitrogens with one attached hydrogen (secondary N) is 2. The number of hydrogen-bond acceptors (Lipinski definition) is 3. The third-order valence-corrected chi connectivity index (χ3v) is 3.67. The molecular formula is C18H18F2N2O3. The number of halogens is 2. The Balaban J connectivity index is 2.27. The molecule has 0 saturated heterocycles. The van der Waals surface area contributed by atoms with Crippen molar-refractivity contribution in [3.8, 4) is 5.75 Å². The first-order valence-electron chi connectivity index (χ1n) is 7.59. The number of aryl methyl sites for hydroxylation is 1. The van der Waals surface area contributed by atoms with Crippen LogP contribution in [0.15, 0.2) is 36.4 Å². The van der Waals surface area contributed by atoms with Crippen LogP contribution in [-0.4, -0.2) is 26.0 Å². The SMILES string of the molecule is CNC(=O)CCc1ccccc1NC(=O)c1c(OC)ccc(F)c1F. The molecule has 2 aromatic carbocycles. The normalized spacial score (nSPS) is 10.2. The molecule has 0 aliphatic heterocycles. The average molecular weight is 348 g/mol. The van der Waals surface area contributed by atoms with Crippen LogP contribution in [0.1, 0.15) is 22.3 Å². The van der Waals surface area contributed by atoms with Crippen molar-refractivity contribution >= 4 is 17.5 Å². The van der Waals surface area contributed by atoms with Gasteiger partial charge in [0, 0.05) is 19.2 Å². The van der Waals surface area contributed by atoms with Crippen molar-refractivity contribution in [2.75, 3.05) is 19.5 Å². The number of hydrogen-bond donors (Lipinski definition) is 2. The Morgan fingerprint density at radius 3 is 2.52 bits per heavy atom. The Hall–Kier alpha value is -2.96. The molecule has 0 bridgehead atoms. The van der Waals surface area contributed by atoms with Gasteiger partial charge in [-0.15, -0.1) is 0 Å². The van der Waals surface area contributed by atoms with Crippen LogP contribution in [0.5, 0.6) is 5.75 Å². The zero-order chi connectivity index (χ0) is 18.4. The van der Waals surface area contributed by atoms with Gasteiger partial charge in [0.1, 0.15) is 11.3 Å². The summed E-state index contributed by atoms with van der Waals surface area (Å²) in [5, 5.41) is 5.07. The second kappa shape index (κ2) is 8.23. The van der Waals surface area contributed by atoms with Gasteiger partial charge >= 0.3 is 0 Å². The quantitative estimate of drug-likeness (QED) is 0.843. The second-order valence-electron chi connectivity index (χ2n) is 5.22. The van der Waals surface area contributed by atoms with Gasteiger partial charge < -0.3 is 15.4 Å². The lowest BCUT2D eigenvalue weighted by Crippen LogP contribution is -2.19. The van der Waals surface area contributed by atoms with Crippen LogP contribution in [-0.2, 0) is 11.2 Å². The molecule has 132 valence electrons. The van der Waals surface area contributed by atoms with Gasteiger partial charge in [-0.05, 0) is 30.2 Å². The van der Waals surface area contributed by atoms with E-state index in [1.54, 1.807) is 24.3 Å². The molecule has 0 unspecified atom stereocenters. The number of amides is 2. The van der Waals surface area contributed by atoms with E-state index in [9.17, 15) is 18.4 Å². The van der Waals surface area contributed by atoms with Crippen molar-refractivity contribution in [1.82, 2.24) is 5.32 Å². The molecule has 0 aliphatic rings. The maximum absolute atomic E-state index is 14.0. The number of carbonyl (C=O) groups is 2. The van der Waals surface area contributed by atoms with Crippen molar-refractivity contribution in [2.45, 2.75) is 12.8 Å². The van der Waals surface area contributed by atoms with Crippen molar-refractivity contribution in [3.05, 3.63) is 59.2 Å². The predicted octanol–water partition coefficient (Wildman–Crippen LogP) is 2.90. The lowest BCUT2D eigenvalue weighted by atomic mass is 10.1.